The number of rotatable bonds is 7. The molecule has 18 heavy (non-hydrogen) atoms. The minimum absolute atomic E-state index is 0.604. The van der Waals surface area contributed by atoms with Crippen molar-refractivity contribution in [2.45, 2.75) is 31.7 Å². The van der Waals surface area contributed by atoms with Gasteiger partial charge in [-0.3, -0.25) is 0 Å². The molecule has 1 aromatic carbocycles. The number of benzene rings is 1. The summed E-state index contributed by atoms with van der Waals surface area (Å²) in [7, 11) is 2.07. The van der Waals surface area contributed by atoms with Crippen molar-refractivity contribution < 1.29 is 0 Å². The highest BCUT2D eigenvalue weighted by molar-refractivity contribution is 7.09. The van der Waals surface area contributed by atoms with E-state index >= 15 is 0 Å². The Morgan fingerprint density at radius 1 is 1.11 bits per heavy atom. The third-order valence-corrected chi connectivity index (χ3v) is 4.20. The zero-order valence-corrected chi connectivity index (χ0v) is 11.7. The molecule has 1 atom stereocenters. The molecule has 2 aromatic rings. The van der Waals surface area contributed by atoms with Gasteiger partial charge in [-0.2, -0.15) is 0 Å². The Hall–Kier alpha value is -1.12. The van der Waals surface area contributed by atoms with Crippen molar-refractivity contribution in [1.29, 1.82) is 0 Å². The number of hydrogen-bond acceptors (Lipinski definition) is 2. The molecule has 0 radical (unpaired) electrons. The Balaban J connectivity index is 1.74. The van der Waals surface area contributed by atoms with E-state index in [1.807, 2.05) is 11.3 Å². The van der Waals surface area contributed by atoms with E-state index in [1.54, 1.807) is 0 Å². The maximum absolute atomic E-state index is 3.43. The molecular weight excluding hydrogens is 238 g/mol. The Morgan fingerprint density at radius 3 is 2.61 bits per heavy atom. The fourth-order valence-corrected chi connectivity index (χ4v) is 3.00. The first-order valence-corrected chi connectivity index (χ1v) is 7.50. The van der Waals surface area contributed by atoms with E-state index in [2.05, 4.69) is 60.2 Å². The molecule has 96 valence electrons. The molecule has 1 heterocycles. The monoisotopic (exact) mass is 259 g/mol. The zero-order valence-electron chi connectivity index (χ0n) is 10.9. The molecule has 2 heteroatoms. The lowest BCUT2D eigenvalue weighted by molar-refractivity contribution is 0.505. The van der Waals surface area contributed by atoms with Crippen LogP contribution >= 0.6 is 11.3 Å². The topological polar surface area (TPSA) is 12.0 Å². The largest absolute Gasteiger partial charge is 0.317 e. The average molecular weight is 259 g/mol. The fourth-order valence-electron chi connectivity index (χ4n) is 2.22. The minimum Gasteiger partial charge on any atom is -0.317 e. The van der Waals surface area contributed by atoms with Crippen LogP contribution in [0, 0.1) is 0 Å². The van der Waals surface area contributed by atoms with Gasteiger partial charge in [0.05, 0.1) is 0 Å². The molecule has 0 saturated heterocycles. The molecule has 2 rings (SSSR count). The number of nitrogens with one attached hydrogen (secondary N) is 1. The molecule has 1 N–H and O–H groups in total. The zero-order chi connectivity index (χ0) is 12.6. The van der Waals surface area contributed by atoms with Crippen molar-refractivity contribution in [2.24, 2.45) is 0 Å². The van der Waals surface area contributed by atoms with E-state index in [0.717, 1.165) is 6.42 Å². The van der Waals surface area contributed by atoms with Crippen molar-refractivity contribution in [3.8, 4) is 0 Å². The standard InChI is InChI=1S/C16H21NS/c1-17-15(13-16-11-6-12-18-16)10-5-9-14-7-3-2-4-8-14/h2-4,6-8,11-12,15,17H,5,9-10,13H2,1H3. The van der Waals surface area contributed by atoms with Crippen LogP contribution in [-0.2, 0) is 12.8 Å². The summed E-state index contributed by atoms with van der Waals surface area (Å²) in [5.74, 6) is 0. The Labute approximate surface area is 114 Å². The lowest BCUT2D eigenvalue weighted by atomic mass is 10.0. The van der Waals surface area contributed by atoms with Crippen LogP contribution in [0.1, 0.15) is 23.3 Å². The number of likely N-dealkylation sites (N-methyl/N-ethyl adjacent to an activating group) is 1. The van der Waals surface area contributed by atoms with Gasteiger partial charge in [-0.15, -0.1) is 11.3 Å². The fraction of sp³-hybridized carbons (Fsp3) is 0.375. The smallest absolute Gasteiger partial charge is 0.0112 e. The van der Waals surface area contributed by atoms with E-state index in [0.29, 0.717) is 6.04 Å². The molecule has 0 spiro atoms. The quantitative estimate of drug-likeness (QED) is 0.795. The van der Waals surface area contributed by atoms with Crippen molar-refractivity contribution in [3.05, 3.63) is 58.3 Å². The second-order valence-corrected chi connectivity index (χ2v) is 5.68. The van der Waals surface area contributed by atoms with Crippen LogP contribution in [0.5, 0.6) is 0 Å². The first-order chi connectivity index (χ1) is 8.88. The van der Waals surface area contributed by atoms with E-state index in [4.69, 9.17) is 0 Å². The maximum atomic E-state index is 3.43. The second kappa shape index (κ2) is 7.34. The van der Waals surface area contributed by atoms with Crippen molar-refractivity contribution in [3.63, 3.8) is 0 Å². The van der Waals surface area contributed by atoms with E-state index in [-0.39, 0.29) is 0 Å². The highest BCUT2D eigenvalue weighted by Crippen LogP contribution is 2.14. The van der Waals surface area contributed by atoms with Crippen molar-refractivity contribution in [1.82, 2.24) is 5.32 Å². The number of aryl methyl sites for hydroxylation is 1. The Bertz CT molecular complexity index is 422. The first kappa shape index (κ1) is 13.3. The molecule has 0 saturated carbocycles. The minimum atomic E-state index is 0.604. The summed E-state index contributed by atoms with van der Waals surface area (Å²) >= 11 is 1.86. The summed E-state index contributed by atoms with van der Waals surface area (Å²) < 4.78 is 0. The van der Waals surface area contributed by atoms with Crippen molar-refractivity contribution >= 4 is 11.3 Å². The van der Waals surface area contributed by atoms with Gasteiger partial charge < -0.3 is 5.32 Å². The van der Waals surface area contributed by atoms with E-state index < -0.39 is 0 Å². The molecule has 0 fully saturated rings. The van der Waals surface area contributed by atoms with Crippen LogP contribution in [0.2, 0.25) is 0 Å². The van der Waals surface area contributed by atoms with Gasteiger partial charge in [0.2, 0.25) is 0 Å². The molecule has 1 nitrogen and oxygen atoms in total. The van der Waals surface area contributed by atoms with Gasteiger partial charge in [0, 0.05) is 10.9 Å². The van der Waals surface area contributed by atoms with Gasteiger partial charge in [0.1, 0.15) is 0 Å². The number of hydrogen-bond donors (Lipinski definition) is 1. The summed E-state index contributed by atoms with van der Waals surface area (Å²) in [6, 6.07) is 15.7. The summed E-state index contributed by atoms with van der Waals surface area (Å²) in [6.07, 6.45) is 4.83. The highest BCUT2D eigenvalue weighted by atomic mass is 32.1. The summed E-state index contributed by atoms with van der Waals surface area (Å²) in [5.41, 5.74) is 1.45. The lowest BCUT2D eigenvalue weighted by Crippen LogP contribution is -2.27. The molecule has 0 amide bonds. The highest BCUT2D eigenvalue weighted by Gasteiger charge is 2.07. The predicted molar refractivity (Wildman–Crippen MR) is 80.3 cm³/mol. The van der Waals surface area contributed by atoms with Crippen LogP contribution in [0.15, 0.2) is 47.8 Å². The van der Waals surface area contributed by atoms with Crippen LogP contribution in [0.4, 0.5) is 0 Å². The van der Waals surface area contributed by atoms with Gasteiger partial charge in [-0.05, 0) is 49.7 Å². The van der Waals surface area contributed by atoms with Crippen LogP contribution in [-0.4, -0.2) is 13.1 Å². The Kier molecular flexibility index (Phi) is 5.43. The van der Waals surface area contributed by atoms with E-state index in [1.165, 1.54) is 29.7 Å². The SMILES string of the molecule is CNC(CCCc1ccccc1)Cc1cccs1. The first-order valence-electron chi connectivity index (χ1n) is 6.62. The number of thiophene rings is 1. The third kappa shape index (κ3) is 4.28. The molecule has 0 aliphatic rings. The molecule has 0 aliphatic heterocycles. The van der Waals surface area contributed by atoms with Gasteiger partial charge in [0.15, 0.2) is 0 Å². The van der Waals surface area contributed by atoms with Crippen LogP contribution in [0.25, 0.3) is 0 Å². The predicted octanol–water partition coefficient (Wildman–Crippen LogP) is 3.90. The van der Waals surface area contributed by atoms with Gasteiger partial charge >= 0.3 is 0 Å². The Morgan fingerprint density at radius 2 is 1.94 bits per heavy atom. The molecule has 0 aliphatic carbocycles. The normalized spacial score (nSPS) is 12.5. The third-order valence-electron chi connectivity index (χ3n) is 3.30. The van der Waals surface area contributed by atoms with Crippen molar-refractivity contribution in [2.75, 3.05) is 7.05 Å². The molecule has 1 unspecified atom stereocenters. The van der Waals surface area contributed by atoms with Crippen LogP contribution < -0.4 is 5.32 Å². The van der Waals surface area contributed by atoms with Gasteiger partial charge in [0.25, 0.3) is 0 Å². The summed E-state index contributed by atoms with van der Waals surface area (Å²) in [4.78, 5) is 1.48. The molecule has 0 bridgehead atoms. The summed E-state index contributed by atoms with van der Waals surface area (Å²) in [5, 5.41) is 5.59. The molecule has 1 aromatic heterocycles. The second-order valence-electron chi connectivity index (χ2n) is 4.65. The average Bonchev–Trinajstić information content (AvgIpc) is 2.92. The van der Waals surface area contributed by atoms with E-state index in [9.17, 15) is 0 Å². The van der Waals surface area contributed by atoms with Gasteiger partial charge in [-0.25, -0.2) is 0 Å². The van der Waals surface area contributed by atoms with Gasteiger partial charge in [-0.1, -0.05) is 36.4 Å². The summed E-state index contributed by atoms with van der Waals surface area (Å²) in [6.45, 7) is 0. The lowest BCUT2D eigenvalue weighted by Gasteiger charge is -2.15. The maximum Gasteiger partial charge on any atom is 0.0112 e. The molecular formula is C16H21NS. The van der Waals surface area contributed by atoms with Crippen LogP contribution in [0.3, 0.4) is 0 Å².